The van der Waals surface area contributed by atoms with Gasteiger partial charge in [0.05, 0.1) is 6.04 Å². The van der Waals surface area contributed by atoms with E-state index in [1.165, 1.54) is 5.56 Å². The lowest BCUT2D eigenvalue weighted by Gasteiger charge is -2.32. The second-order valence-electron chi connectivity index (χ2n) is 6.95. The molecule has 0 aromatic heterocycles. The van der Waals surface area contributed by atoms with Crippen molar-refractivity contribution in [3.63, 3.8) is 0 Å². The van der Waals surface area contributed by atoms with Crippen LogP contribution in [0.25, 0.3) is 0 Å². The molecule has 6 nitrogen and oxygen atoms in total. The third kappa shape index (κ3) is 2.96. The second-order valence-corrected chi connectivity index (χ2v) is 6.95. The van der Waals surface area contributed by atoms with E-state index in [4.69, 9.17) is 15.6 Å². The number of benzene rings is 1. The minimum Gasteiger partial charge on any atom is -0.440 e. The Bertz CT molecular complexity index is 748. The number of hydrogen-bond acceptors (Lipinski definition) is 6. The van der Waals surface area contributed by atoms with Crippen LogP contribution in [-0.2, 0) is 0 Å². The minimum atomic E-state index is -0.164. The molecular weight excluding hydrogens is 314 g/mol. The van der Waals surface area contributed by atoms with E-state index in [9.17, 15) is 0 Å². The lowest BCUT2D eigenvalue weighted by atomic mass is 9.96. The van der Waals surface area contributed by atoms with Crippen molar-refractivity contribution >= 4 is 11.7 Å². The number of aryl methyl sites for hydroxylation is 1. The maximum Gasteiger partial charge on any atom is 0.225 e. The predicted molar refractivity (Wildman–Crippen MR) is 99.8 cm³/mol. The number of fused-ring (bicyclic) bond motifs is 1. The van der Waals surface area contributed by atoms with Gasteiger partial charge in [0.2, 0.25) is 5.90 Å². The third-order valence-electron chi connectivity index (χ3n) is 5.31. The molecule has 2 unspecified atom stereocenters. The van der Waals surface area contributed by atoms with E-state index in [0.717, 1.165) is 43.1 Å². The van der Waals surface area contributed by atoms with E-state index in [1.54, 1.807) is 6.20 Å². The van der Waals surface area contributed by atoms with Gasteiger partial charge in [-0.1, -0.05) is 12.1 Å². The number of amidine groups is 1. The number of aliphatic imine (C=N–C) groups is 1. The summed E-state index contributed by atoms with van der Waals surface area (Å²) in [5, 5.41) is 10.3. The van der Waals surface area contributed by atoms with Gasteiger partial charge in [-0.15, -0.1) is 5.10 Å². The number of hydrogen-bond donors (Lipinski definition) is 2. The highest BCUT2D eigenvalue weighted by Crippen LogP contribution is 2.30. The van der Waals surface area contributed by atoms with Gasteiger partial charge in [-0.2, -0.15) is 0 Å². The molecule has 132 valence electrons. The fourth-order valence-electron chi connectivity index (χ4n) is 3.63. The first-order valence-electron chi connectivity index (χ1n) is 8.97. The van der Waals surface area contributed by atoms with Gasteiger partial charge in [0, 0.05) is 12.2 Å². The van der Waals surface area contributed by atoms with E-state index >= 15 is 0 Å². The summed E-state index contributed by atoms with van der Waals surface area (Å²) in [7, 11) is 0. The Morgan fingerprint density at radius 1 is 1.24 bits per heavy atom. The van der Waals surface area contributed by atoms with Crippen LogP contribution in [0.3, 0.4) is 0 Å². The fourth-order valence-corrected chi connectivity index (χ4v) is 3.63. The molecule has 4 rings (SSSR count). The smallest absolute Gasteiger partial charge is 0.225 e. The van der Waals surface area contributed by atoms with Gasteiger partial charge in [0.15, 0.2) is 0 Å². The van der Waals surface area contributed by atoms with Crippen LogP contribution in [0.5, 0.6) is 5.75 Å². The van der Waals surface area contributed by atoms with Crippen molar-refractivity contribution in [1.29, 1.82) is 0 Å². The largest absolute Gasteiger partial charge is 0.440 e. The van der Waals surface area contributed by atoms with E-state index in [2.05, 4.69) is 35.2 Å². The van der Waals surface area contributed by atoms with Crippen molar-refractivity contribution in [3.8, 4) is 5.75 Å². The summed E-state index contributed by atoms with van der Waals surface area (Å²) in [5.74, 6) is 2.30. The first kappa shape index (κ1) is 16.3. The van der Waals surface area contributed by atoms with Crippen molar-refractivity contribution in [2.24, 2.45) is 21.7 Å². The van der Waals surface area contributed by atoms with Crippen LogP contribution >= 0.6 is 0 Å². The minimum absolute atomic E-state index is 0.111. The van der Waals surface area contributed by atoms with Gasteiger partial charge >= 0.3 is 0 Å². The molecule has 2 atom stereocenters. The third-order valence-corrected chi connectivity index (χ3v) is 5.31. The number of hydrazone groups is 1. The highest BCUT2D eigenvalue weighted by molar-refractivity contribution is 6.09. The predicted octanol–water partition coefficient (Wildman–Crippen LogP) is 1.93. The Balaban J connectivity index is 1.66. The molecule has 3 N–H and O–H groups in total. The van der Waals surface area contributed by atoms with Crippen LogP contribution < -0.4 is 15.8 Å². The van der Waals surface area contributed by atoms with E-state index in [0.29, 0.717) is 11.9 Å². The summed E-state index contributed by atoms with van der Waals surface area (Å²) in [5.41, 5.74) is 8.69. The average molecular weight is 339 g/mol. The molecule has 3 aliphatic heterocycles. The number of nitrogens with two attached hydrogens (primary N) is 1. The molecule has 1 aromatic carbocycles. The van der Waals surface area contributed by atoms with Crippen LogP contribution in [-0.4, -0.2) is 41.9 Å². The summed E-state index contributed by atoms with van der Waals surface area (Å²) in [6.45, 7) is 6.16. The quantitative estimate of drug-likeness (QED) is 0.863. The van der Waals surface area contributed by atoms with Crippen molar-refractivity contribution in [3.05, 3.63) is 41.6 Å². The number of nitrogens with zero attached hydrogens (tertiary/aromatic N) is 3. The summed E-state index contributed by atoms with van der Waals surface area (Å²) in [6, 6.07) is 6.26. The van der Waals surface area contributed by atoms with Gasteiger partial charge in [-0.3, -0.25) is 0 Å². The number of rotatable bonds is 2. The molecule has 0 saturated carbocycles. The second kappa shape index (κ2) is 6.61. The molecular formula is C19H25N5O. The van der Waals surface area contributed by atoms with Gasteiger partial charge < -0.3 is 15.8 Å². The van der Waals surface area contributed by atoms with Crippen LogP contribution in [0.4, 0.5) is 0 Å². The van der Waals surface area contributed by atoms with Gasteiger partial charge in [-0.25, -0.2) is 10.0 Å². The molecule has 0 amide bonds. The maximum absolute atomic E-state index is 6.36. The summed E-state index contributed by atoms with van der Waals surface area (Å²) >= 11 is 0. The molecule has 0 bridgehead atoms. The number of nitrogens with one attached hydrogen (secondary N) is 1. The molecule has 6 heteroatoms. The van der Waals surface area contributed by atoms with Crippen LogP contribution in [0, 0.1) is 19.8 Å². The first-order valence-corrected chi connectivity index (χ1v) is 8.97. The Labute approximate surface area is 148 Å². The van der Waals surface area contributed by atoms with E-state index in [-0.39, 0.29) is 12.0 Å². The molecule has 1 saturated heterocycles. The van der Waals surface area contributed by atoms with Crippen molar-refractivity contribution in [2.45, 2.75) is 38.8 Å². The lowest BCUT2D eigenvalue weighted by molar-refractivity contribution is 0.261. The monoisotopic (exact) mass is 339 g/mol. The zero-order valence-electron chi connectivity index (χ0n) is 14.8. The summed E-state index contributed by atoms with van der Waals surface area (Å²) in [4.78, 5) is 4.60. The zero-order chi connectivity index (χ0) is 17.4. The lowest BCUT2D eigenvalue weighted by Crippen LogP contribution is -2.47. The summed E-state index contributed by atoms with van der Waals surface area (Å²) < 4.78 is 6.25. The standard InChI is InChI=1S/C19H25N5O/c1-12-4-3-5-16(13(12)2)25-19-17-15(20)8-11-22-18(17)24(23-19)14-6-9-21-10-7-14/h3-5,8,11,14-15,17,21H,6-7,9-10,20H2,1-2H3. The number of ether oxygens (including phenoxy) is 1. The van der Waals surface area contributed by atoms with Crippen LogP contribution in [0.1, 0.15) is 24.0 Å². The Kier molecular flexibility index (Phi) is 4.31. The van der Waals surface area contributed by atoms with Gasteiger partial charge in [-0.05, 0) is 63.0 Å². The maximum atomic E-state index is 6.36. The highest BCUT2D eigenvalue weighted by atomic mass is 16.5. The first-order chi connectivity index (χ1) is 12.1. The van der Waals surface area contributed by atoms with E-state index in [1.807, 2.05) is 18.2 Å². The highest BCUT2D eigenvalue weighted by Gasteiger charge is 2.43. The molecule has 0 radical (unpaired) electrons. The normalized spacial score (nSPS) is 26.3. The van der Waals surface area contributed by atoms with Gasteiger partial charge in [0.1, 0.15) is 17.5 Å². The zero-order valence-corrected chi connectivity index (χ0v) is 14.8. The molecule has 3 heterocycles. The SMILES string of the molecule is Cc1cccc(OC2=NN(C3CCNCC3)C3=NC=CC(N)C23)c1C. The Hall–Kier alpha value is -2.18. The van der Waals surface area contributed by atoms with Gasteiger partial charge in [0.25, 0.3) is 0 Å². The van der Waals surface area contributed by atoms with Crippen molar-refractivity contribution in [2.75, 3.05) is 13.1 Å². The molecule has 25 heavy (non-hydrogen) atoms. The summed E-state index contributed by atoms with van der Waals surface area (Å²) in [6.07, 6.45) is 5.80. The fraction of sp³-hybridized carbons (Fsp3) is 0.474. The topological polar surface area (TPSA) is 75.2 Å². The van der Waals surface area contributed by atoms with Crippen molar-refractivity contribution in [1.82, 2.24) is 10.3 Å². The molecule has 3 aliphatic rings. The van der Waals surface area contributed by atoms with Crippen molar-refractivity contribution < 1.29 is 4.74 Å². The molecule has 1 aromatic rings. The Morgan fingerprint density at radius 2 is 2.04 bits per heavy atom. The average Bonchev–Trinajstić information content (AvgIpc) is 3.00. The van der Waals surface area contributed by atoms with Crippen LogP contribution in [0.15, 0.2) is 40.6 Å². The van der Waals surface area contributed by atoms with Crippen LogP contribution in [0.2, 0.25) is 0 Å². The molecule has 1 fully saturated rings. The molecule has 0 aliphatic carbocycles. The number of piperidine rings is 1. The molecule has 0 spiro atoms. The van der Waals surface area contributed by atoms with E-state index < -0.39 is 0 Å². The Morgan fingerprint density at radius 3 is 2.84 bits per heavy atom.